The molecule has 0 spiro atoms. The summed E-state index contributed by atoms with van der Waals surface area (Å²) in [5.41, 5.74) is 9.28. The van der Waals surface area contributed by atoms with E-state index in [1.807, 2.05) is 30.3 Å². The molecule has 2 heterocycles. The van der Waals surface area contributed by atoms with Gasteiger partial charge in [-0.25, -0.2) is 0 Å². The third-order valence-corrected chi connectivity index (χ3v) is 4.03. The van der Waals surface area contributed by atoms with Gasteiger partial charge in [-0.3, -0.25) is 10.9 Å². The average Bonchev–Trinajstić information content (AvgIpc) is 2.86. The van der Waals surface area contributed by atoms with Gasteiger partial charge in [0.2, 0.25) is 0 Å². The Morgan fingerprint density at radius 3 is 2.29 bits per heavy atom. The number of methoxy groups -OCH3 is 1. The van der Waals surface area contributed by atoms with Crippen LogP contribution in [0.15, 0.2) is 36.4 Å². The predicted octanol–water partition coefficient (Wildman–Crippen LogP) is 2.12. The number of hydrogen-bond acceptors (Lipinski definition) is 5. The van der Waals surface area contributed by atoms with E-state index in [0.717, 1.165) is 22.7 Å². The fourth-order valence-corrected chi connectivity index (χ4v) is 2.91. The molecule has 3 rings (SSSR count). The van der Waals surface area contributed by atoms with Crippen molar-refractivity contribution in [3.05, 3.63) is 42.1 Å². The molecule has 2 aromatic rings. The Bertz CT molecular complexity index is 604. The van der Waals surface area contributed by atoms with E-state index in [4.69, 9.17) is 4.74 Å². The minimum atomic E-state index is 0.323. The molecule has 1 saturated heterocycles. The molecule has 0 aliphatic carbocycles. The minimum absolute atomic E-state index is 0.323. The summed E-state index contributed by atoms with van der Waals surface area (Å²) >= 11 is 0. The Hall–Kier alpha value is -1.98. The number of ether oxygens (including phenoxy) is 1. The highest BCUT2D eigenvalue weighted by atomic mass is 16.5. The maximum absolute atomic E-state index is 5.38. The molecule has 2 atom stereocenters. The monoisotopic (exact) mass is 284 g/mol. The van der Waals surface area contributed by atoms with Gasteiger partial charge in [0.25, 0.3) is 0 Å². The van der Waals surface area contributed by atoms with Crippen molar-refractivity contribution >= 4 is 0 Å². The molecule has 110 valence electrons. The molecule has 1 aromatic carbocycles. The Balaban J connectivity index is 1.91. The summed E-state index contributed by atoms with van der Waals surface area (Å²) in [6.07, 6.45) is 0. The molecule has 0 radical (unpaired) electrons. The van der Waals surface area contributed by atoms with Crippen molar-refractivity contribution in [1.29, 1.82) is 0 Å². The summed E-state index contributed by atoms with van der Waals surface area (Å²) in [5, 5.41) is 8.81. The lowest BCUT2D eigenvalue weighted by molar-refractivity contribution is 0.416. The zero-order chi connectivity index (χ0) is 14.8. The van der Waals surface area contributed by atoms with Crippen molar-refractivity contribution in [2.24, 2.45) is 0 Å². The van der Waals surface area contributed by atoms with Crippen LogP contribution in [0, 0.1) is 0 Å². The molecule has 0 amide bonds. The quantitative estimate of drug-likeness (QED) is 0.904. The second-order valence-corrected chi connectivity index (χ2v) is 5.44. The first-order valence-corrected chi connectivity index (χ1v) is 7.19. The number of hydrogen-bond donors (Lipinski definition) is 2. The summed E-state index contributed by atoms with van der Waals surface area (Å²) in [6, 6.07) is 12.6. The standard InChI is InChI=1S/C16H20N4O/c1-10-16(11(2)18-17-10)14-9-8-13(19-20-14)12-6-4-5-7-15(12)21-3/h4-11,16-18H,1-3H3. The highest BCUT2D eigenvalue weighted by molar-refractivity contribution is 5.66. The minimum Gasteiger partial charge on any atom is -0.496 e. The van der Waals surface area contributed by atoms with E-state index >= 15 is 0 Å². The van der Waals surface area contributed by atoms with E-state index in [2.05, 4.69) is 41.0 Å². The second-order valence-electron chi connectivity index (χ2n) is 5.44. The lowest BCUT2D eigenvalue weighted by atomic mass is 9.93. The van der Waals surface area contributed by atoms with Crippen molar-refractivity contribution in [3.63, 3.8) is 0 Å². The van der Waals surface area contributed by atoms with Crippen LogP contribution in [-0.2, 0) is 0 Å². The van der Waals surface area contributed by atoms with Crippen LogP contribution in [0.2, 0.25) is 0 Å². The van der Waals surface area contributed by atoms with E-state index in [0.29, 0.717) is 18.0 Å². The maximum Gasteiger partial charge on any atom is 0.128 e. The highest BCUT2D eigenvalue weighted by Crippen LogP contribution is 2.29. The molecule has 1 fully saturated rings. The molecule has 2 N–H and O–H groups in total. The Morgan fingerprint density at radius 2 is 1.67 bits per heavy atom. The Kier molecular flexibility index (Phi) is 3.86. The van der Waals surface area contributed by atoms with Gasteiger partial charge in [-0.15, -0.1) is 0 Å². The molecule has 1 aliphatic rings. The first kappa shape index (κ1) is 14.0. The molecule has 5 heteroatoms. The van der Waals surface area contributed by atoms with Crippen LogP contribution in [0.3, 0.4) is 0 Å². The van der Waals surface area contributed by atoms with Gasteiger partial charge in [0.05, 0.1) is 18.5 Å². The predicted molar refractivity (Wildman–Crippen MR) is 82.0 cm³/mol. The first-order valence-electron chi connectivity index (χ1n) is 7.19. The van der Waals surface area contributed by atoms with Gasteiger partial charge in [0, 0.05) is 23.6 Å². The van der Waals surface area contributed by atoms with E-state index in [-0.39, 0.29) is 0 Å². The third kappa shape index (κ3) is 2.62. The fraction of sp³-hybridized carbons (Fsp3) is 0.375. The lowest BCUT2D eigenvalue weighted by Gasteiger charge is -2.16. The Morgan fingerprint density at radius 1 is 0.952 bits per heavy atom. The number of aromatic nitrogens is 2. The van der Waals surface area contributed by atoms with Gasteiger partial charge in [-0.2, -0.15) is 10.2 Å². The summed E-state index contributed by atoms with van der Waals surface area (Å²) in [7, 11) is 1.67. The lowest BCUT2D eigenvalue weighted by Crippen LogP contribution is -2.30. The summed E-state index contributed by atoms with van der Waals surface area (Å²) < 4.78 is 5.38. The SMILES string of the molecule is COc1ccccc1-c1ccc(C2C(C)NNC2C)nn1. The van der Waals surface area contributed by atoms with Gasteiger partial charge in [-0.05, 0) is 38.1 Å². The average molecular weight is 284 g/mol. The third-order valence-electron chi connectivity index (χ3n) is 4.03. The second kappa shape index (κ2) is 5.79. The first-order chi connectivity index (χ1) is 10.2. The fourth-order valence-electron chi connectivity index (χ4n) is 2.91. The molecule has 0 bridgehead atoms. The van der Waals surface area contributed by atoms with Crippen LogP contribution in [0.25, 0.3) is 11.3 Å². The van der Waals surface area contributed by atoms with Crippen molar-refractivity contribution in [2.75, 3.05) is 7.11 Å². The molecule has 0 saturated carbocycles. The van der Waals surface area contributed by atoms with Gasteiger partial charge >= 0.3 is 0 Å². The van der Waals surface area contributed by atoms with E-state index in [1.54, 1.807) is 7.11 Å². The van der Waals surface area contributed by atoms with Crippen molar-refractivity contribution in [1.82, 2.24) is 21.0 Å². The summed E-state index contributed by atoms with van der Waals surface area (Å²) in [5.74, 6) is 1.13. The number of hydrazine groups is 1. The zero-order valence-corrected chi connectivity index (χ0v) is 12.5. The number of nitrogens with zero attached hydrogens (tertiary/aromatic N) is 2. The van der Waals surface area contributed by atoms with Crippen LogP contribution in [0.1, 0.15) is 25.5 Å². The van der Waals surface area contributed by atoms with Gasteiger partial charge < -0.3 is 4.74 Å². The van der Waals surface area contributed by atoms with Crippen LogP contribution in [0.5, 0.6) is 5.75 Å². The number of nitrogens with one attached hydrogen (secondary N) is 2. The normalized spacial score (nSPS) is 25.0. The molecule has 21 heavy (non-hydrogen) atoms. The van der Waals surface area contributed by atoms with Crippen LogP contribution in [-0.4, -0.2) is 29.4 Å². The van der Waals surface area contributed by atoms with Gasteiger partial charge in [0.1, 0.15) is 5.75 Å². The Labute approximate surface area is 124 Å². The van der Waals surface area contributed by atoms with Crippen molar-refractivity contribution < 1.29 is 4.74 Å². The molecule has 5 nitrogen and oxygen atoms in total. The van der Waals surface area contributed by atoms with Crippen molar-refractivity contribution in [2.45, 2.75) is 31.8 Å². The largest absolute Gasteiger partial charge is 0.496 e. The van der Waals surface area contributed by atoms with Crippen LogP contribution in [0.4, 0.5) is 0 Å². The van der Waals surface area contributed by atoms with E-state index in [1.165, 1.54) is 0 Å². The molecular weight excluding hydrogens is 264 g/mol. The maximum atomic E-state index is 5.38. The highest BCUT2D eigenvalue weighted by Gasteiger charge is 2.32. The molecular formula is C16H20N4O. The van der Waals surface area contributed by atoms with Crippen LogP contribution < -0.4 is 15.6 Å². The number of rotatable bonds is 3. The number of para-hydroxylation sites is 1. The molecule has 1 aromatic heterocycles. The van der Waals surface area contributed by atoms with Gasteiger partial charge in [0.15, 0.2) is 0 Å². The topological polar surface area (TPSA) is 59.1 Å². The van der Waals surface area contributed by atoms with Gasteiger partial charge in [-0.1, -0.05) is 12.1 Å². The zero-order valence-electron chi connectivity index (χ0n) is 12.5. The van der Waals surface area contributed by atoms with E-state index < -0.39 is 0 Å². The summed E-state index contributed by atoms with van der Waals surface area (Å²) in [4.78, 5) is 0. The number of benzene rings is 1. The summed E-state index contributed by atoms with van der Waals surface area (Å²) in [6.45, 7) is 4.30. The van der Waals surface area contributed by atoms with E-state index in [9.17, 15) is 0 Å². The smallest absolute Gasteiger partial charge is 0.128 e. The van der Waals surface area contributed by atoms with Crippen LogP contribution >= 0.6 is 0 Å². The van der Waals surface area contributed by atoms with Crippen molar-refractivity contribution in [3.8, 4) is 17.0 Å². The molecule has 1 aliphatic heterocycles. The molecule has 2 unspecified atom stereocenters.